The molecule has 7 nitrogen and oxygen atoms in total. The summed E-state index contributed by atoms with van der Waals surface area (Å²) in [6.07, 6.45) is 1.65. The highest BCUT2D eigenvalue weighted by atomic mass is 35.5. The molecule has 1 saturated heterocycles. The van der Waals surface area contributed by atoms with Gasteiger partial charge in [0, 0.05) is 6.07 Å². The summed E-state index contributed by atoms with van der Waals surface area (Å²) in [5, 5.41) is 14.3. The van der Waals surface area contributed by atoms with Crippen molar-refractivity contribution in [1.82, 2.24) is 25.6 Å². The number of halogens is 2. The molecule has 1 aromatic carbocycles. The second-order valence-electron chi connectivity index (χ2n) is 6.55. The van der Waals surface area contributed by atoms with Crippen LogP contribution in [0.15, 0.2) is 24.3 Å². The van der Waals surface area contributed by atoms with Crippen LogP contribution in [0, 0.1) is 12.7 Å². The molecule has 1 aliphatic heterocycles. The lowest BCUT2D eigenvalue weighted by molar-refractivity contribution is 0.0926. The number of piperidine rings is 1. The van der Waals surface area contributed by atoms with Gasteiger partial charge < -0.3 is 15.4 Å². The van der Waals surface area contributed by atoms with Crippen molar-refractivity contribution in [3.05, 3.63) is 41.5 Å². The Hall–Kier alpha value is -2.19. The van der Waals surface area contributed by atoms with Gasteiger partial charge in [-0.1, -0.05) is 11.3 Å². The smallest absolute Gasteiger partial charge is 0.273 e. The number of carbonyl (C=O) groups is 1. The lowest BCUT2D eigenvalue weighted by atomic mass is 10.1. The monoisotopic (exact) mass is 397 g/mol. The molecule has 148 valence electrons. The van der Waals surface area contributed by atoms with E-state index in [1.165, 1.54) is 12.1 Å². The van der Waals surface area contributed by atoms with Gasteiger partial charge in [0.1, 0.15) is 17.7 Å². The zero-order valence-corrected chi connectivity index (χ0v) is 16.3. The van der Waals surface area contributed by atoms with E-state index in [4.69, 9.17) is 4.74 Å². The summed E-state index contributed by atoms with van der Waals surface area (Å²) >= 11 is 0. The fourth-order valence-electron chi connectivity index (χ4n) is 3.08. The van der Waals surface area contributed by atoms with E-state index in [2.05, 4.69) is 20.9 Å². The Labute approximate surface area is 164 Å². The second kappa shape index (κ2) is 9.66. The number of hydrogen-bond acceptors (Lipinski definition) is 5. The van der Waals surface area contributed by atoms with Gasteiger partial charge >= 0.3 is 0 Å². The summed E-state index contributed by atoms with van der Waals surface area (Å²) in [5.41, 5.74) is 1.11. The van der Waals surface area contributed by atoms with Crippen LogP contribution < -0.4 is 15.4 Å². The van der Waals surface area contributed by atoms with Crippen LogP contribution in [-0.2, 0) is 0 Å². The Bertz CT molecular complexity index is 764. The fraction of sp³-hybridized carbons (Fsp3) is 0.500. The minimum absolute atomic E-state index is 0. The summed E-state index contributed by atoms with van der Waals surface area (Å²) in [6.45, 7) is 5.85. The normalized spacial score (nSPS) is 15.7. The average Bonchev–Trinajstić information content (AvgIpc) is 3.02. The maximum atomic E-state index is 13.2. The molecule has 2 aromatic rings. The third-order valence-electron chi connectivity index (χ3n) is 4.48. The van der Waals surface area contributed by atoms with Gasteiger partial charge in [0.05, 0.1) is 18.3 Å². The molecule has 1 aromatic heterocycles. The number of ether oxygens (including phenoxy) is 1. The van der Waals surface area contributed by atoms with E-state index in [0.717, 1.165) is 31.6 Å². The van der Waals surface area contributed by atoms with Gasteiger partial charge in [-0.05, 0) is 51.9 Å². The van der Waals surface area contributed by atoms with E-state index in [9.17, 15) is 9.18 Å². The maximum absolute atomic E-state index is 13.2. The Morgan fingerprint density at radius 1 is 1.44 bits per heavy atom. The molecule has 0 radical (unpaired) electrons. The third kappa shape index (κ3) is 5.40. The Morgan fingerprint density at radius 2 is 2.19 bits per heavy atom. The SMILES string of the molecule is Cc1c(C(=O)NCC(C)Oc2cccc(F)c2)nnn1C1CCNCC1.Cl. The lowest BCUT2D eigenvalue weighted by Gasteiger charge is -2.23. The first kappa shape index (κ1) is 21.1. The Morgan fingerprint density at radius 3 is 2.89 bits per heavy atom. The van der Waals surface area contributed by atoms with Crippen LogP contribution in [0.25, 0.3) is 0 Å². The summed E-state index contributed by atoms with van der Waals surface area (Å²) in [6, 6.07) is 6.20. The van der Waals surface area contributed by atoms with Gasteiger partial charge in [0.2, 0.25) is 0 Å². The number of nitrogens with zero attached hydrogens (tertiary/aromatic N) is 3. The molecule has 2 heterocycles. The minimum Gasteiger partial charge on any atom is -0.489 e. The number of nitrogens with one attached hydrogen (secondary N) is 2. The molecule has 3 rings (SSSR count). The molecule has 1 aliphatic rings. The zero-order chi connectivity index (χ0) is 18.5. The predicted molar refractivity (Wildman–Crippen MR) is 102 cm³/mol. The van der Waals surface area contributed by atoms with Crippen molar-refractivity contribution in [1.29, 1.82) is 0 Å². The van der Waals surface area contributed by atoms with E-state index in [-0.39, 0.29) is 42.8 Å². The van der Waals surface area contributed by atoms with Crippen molar-refractivity contribution in [3.63, 3.8) is 0 Å². The molecule has 0 saturated carbocycles. The van der Waals surface area contributed by atoms with Gasteiger partial charge in [0.25, 0.3) is 5.91 Å². The van der Waals surface area contributed by atoms with Gasteiger partial charge in [0.15, 0.2) is 5.69 Å². The summed E-state index contributed by atoms with van der Waals surface area (Å²) in [4.78, 5) is 12.4. The zero-order valence-electron chi connectivity index (χ0n) is 15.4. The largest absolute Gasteiger partial charge is 0.489 e. The van der Waals surface area contributed by atoms with E-state index in [1.807, 2.05) is 18.5 Å². The van der Waals surface area contributed by atoms with E-state index >= 15 is 0 Å². The number of carbonyl (C=O) groups excluding carboxylic acids is 1. The summed E-state index contributed by atoms with van der Waals surface area (Å²) < 4.78 is 20.6. The molecule has 1 amide bonds. The molecule has 1 unspecified atom stereocenters. The lowest BCUT2D eigenvalue weighted by Crippen LogP contribution is -2.34. The topological polar surface area (TPSA) is 81.1 Å². The van der Waals surface area contributed by atoms with Crippen LogP contribution in [-0.4, -0.2) is 46.6 Å². The van der Waals surface area contributed by atoms with Crippen LogP contribution in [0.4, 0.5) is 4.39 Å². The first-order valence-electron chi connectivity index (χ1n) is 8.87. The Balaban J connectivity index is 0.00000261. The van der Waals surface area contributed by atoms with E-state index in [1.54, 1.807) is 12.1 Å². The van der Waals surface area contributed by atoms with Gasteiger partial charge in [-0.25, -0.2) is 9.07 Å². The molecule has 0 aliphatic carbocycles. The predicted octanol–water partition coefficient (Wildman–Crippen LogP) is 2.27. The molecule has 1 atom stereocenters. The highest BCUT2D eigenvalue weighted by Crippen LogP contribution is 2.20. The van der Waals surface area contributed by atoms with Crippen molar-refractivity contribution in [2.24, 2.45) is 0 Å². The van der Waals surface area contributed by atoms with E-state index < -0.39 is 0 Å². The van der Waals surface area contributed by atoms with Crippen molar-refractivity contribution in [3.8, 4) is 5.75 Å². The van der Waals surface area contributed by atoms with Crippen LogP contribution in [0.2, 0.25) is 0 Å². The van der Waals surface area contributed by atoms with Crippen LogP contribution in [0.3, 0.4) is 0 Å². The fourth-order valence-corrected chi connectivity index (χ4v) is 3.08. The standard InChI is InChI=1S/C18H24FN5O2.ClH/c1-12(26-16-5-3-4-14(19)10-16)11-21-18(25)17-13(2)24(23-22-17)15-6-8-20-9-7-15;/h3-5,10,12,15,20H,6-9,11H2,1-2H3,(H,21,25);1H. The van der Waals surface area contributed by atoms with Crippen LogP contribution >= 0.6 is 12.4 Å². The molecule has 27 heavy (non-hydrogen) atoms. The quantitative estimate of drug-likeness (QED) is 0.781. The average molecular weight is 398 g/mol. The molecule has 0 spiro atoms. The Kier molecular flexibility index (Phi) is 7.55. The first-order chi connectivity index (χ1) is 12.5. The second-order valence-corrected chi connectivity index (χ2v) is 6.55. The van der Waals surface area contributed by atoms with Crippen LogP contribution in [0.1, 0.15) is 42.0 Å². The molecular weight excluding hydrogens is 373 g/mol. The van der Waals surface area contributed by atoms with Crippen molar-refractivity contribution < 1.29 is 13.9 Å². The highest BCUT2D eigenvalue weighted by molar-refractivity contribution is 5.93. The number of amides is 1. The number of aromatic nitrogens is 3. The molecule has 1 fully saturated rings. The van der Waals surface area contributed by atoms with Gasteiger partial charge in [-0.2, -0.15) is 0 Å². The maximum Gasteiger partial charge on any atom is 0.273 e. The minimum atomic E-state index is -0.358. The van der Waals surface area contributed by atoms with Crippen molar-refractivity contribution >= 4 is 18.3 Å². The first-order valence-corrected chi connectivity index (χ1v) is 8.87. The van der Waals surface area contributed by atoms with Crippen molar-refractivity contribution in [2.75, 3.05) is 19.6 Å². The van der Waals surface area contributed by atoms with Crippen LogP contribution in [0.5, 0.6) is 5.75 Å². The number of rotatable bonds is 6. The molecule has 9 heteroatoms. The highest BCUT2D eigenvalue weighted by Gasteiger charge is 2.23. The molecule has 0 bridgehead atoms. The van der Waals surface area contributed by atoms with Gasteiger partial charge in [-0.3, -0.25) is 4.79 Å². The van der Waals surface area contributed by atoms with Crippen molar-refractivity contribution in [2.45, 2.75) is 38.8 Å². The summed E-state index contributed by atoms with van der Waals surface area (Å²) in [5.74, 6) is -0.207. The summed E-state index contributed by atoms with van der Waals surface area (Å²) in [7, 11) is 0. The van der Waals surface area contributed by atoms with Gasteiger partial charge in [-0.15, -0.1) is 17.5 Å². The molecular formula is C18H25ClFN5O2. The third-order valence-corrected chi connectivity index (χ3v) is 4.48. The van der Waals surface area contributed by atoms with E-state index in [0.29, 0.717) is 11.4 Å². The molecule has 2 N–H and O–H groups in total. The number of benzene rings is 1. The number of hydrogen-bond donors (Lipinski definition) is 2.